The first-order valence-electron chi connectivity index (χ1n) is 33.3. The molecular formula is C70H83Cl2I2N9O23. The number of rotatable bonds is 14. The van der Waals surface area contributed by atoms with Gasteiger partial charge in [-0.25, -0.2) is 0 Å². The van der Waals surface area contributed by atoms with Crippen LogP contribution >= 0.6 is 60.4 Å². The van der Waals surface area contributed by atoms with Gasteiger partial charge in [-0.05, 0) is 144 Å². The lowest BCUT2D eigenvalue weighted by molar-refractivity contribution is -0.337. The highest BCUT2D eigenvalue weighted by Gasteiger charge is 2.53. The molecule has 36 heteroatoms. The summed E-state index contributed by atoms with van der Waals surface area (Å²) in [5.74, 6) is -14.0. The second-order valence-corrected chi connectivity index (χ2v) is 28.0. The molecule has 7 heterocycles. The molecule has 18 atom stereocenters. The van der Waals surface area contributed by atoms with E-state index in [0.29, 0.717) is 0 Å². The van der Waals surface area contributed by atoms with E-state index in [1.807, 2.05) is 13.8 Å². The number of primary amides is 1. The molecule has 7 aliphatic rings. The molecule has 0 spiro atoms. The zero-order valence-corrected chi connectivity index (χ0v) is 64.3. The fourth-order valence-corrected chi connectivity index (χ4v) is 13.6. The van der Waals surface area contributed by atoms with Crippen molar-refractivity contribution in [1.82, 2.24) is 42.1 Å². The fraction of sp³-hybridized carbons (Fsp3) is 0.457. The van der Waals surface area contributed by atoms with Crippen molar-refractivity contribution < 1.29 is 113 Å². The van der Waals surface area contributed by atoms with Gasteiger partial charge in [0.1, 0.15) is 95.5 Å². The van der Waals surface area contributed by atoms with Crippen molar-refractivity contribution in [3.8, 4) is 57.1 Å². The van der Waals surface area contributed by atoms with Crippen LogP contribution in [0.2, 0.25) is 10.0 Å². The molecule has 0 aromatic heterocycles. The van der Waals surface area contributed by atoms with Crippen molar-refractivity contribution in [2.24, 2.45) is 11.7 Å². The van der Waals surface area contributed by atoms with E-state index in [4.69, 9.17) is 57.4 Å². The summed E-state index contributed by atoms with van der Waals surface area (Å²) in [7, 11) is 4.91. The molecule has 0 saturated carbocycles. The summed E-state index contributed by atoms with van der Waals surface area (Å²) < 4.78 is 39.0. The Hall–Kier alpha value is -7.54. The molecule has 0 aliphatic carbocycles. The van der Waals surface area contributed by atoms with Crippen LogP contribution < -0.4 is 57.2 Å². The number of hydrogen-bond acceptors (Lipinski definition) is 25. The summed E-state index contributed by atoms with van der Waals surface area (Å²) in [5, 5.41) is 122. The van der Waals surface area contributed by atoms with Gasteiger partial charge in [-0.15, -0.1) is 0 Å². The molecule has 32 nitrogen and oxygen atoms in total. The van der Waals surface area contributed by atoms with Gasteiger partial charge in [-0.2, -0.15) is 0 Å². The first kappa shape index (κ1) is 82.5. The Morgan fingerprint density at radius 3 is 1.89 bits per heavy atom. The lowest BCUT2D eigenvalue weighted by Crippen LogP contribution is -2.65. The Morgan fingerprint density at radius 1 is 0.736 bits per heavy atom. The molecule has 106 heavy (non-hydrogen) atoms. The van der Waals surface area contributed by atoms with Crippen molar-refractivity contribution in [3.63, 3.8) is 0 Å². The van der Waals surface area contributed by atoms with Gasteiger partial charge in [0.15, 0.2) is 29.7 Å². The first-order valence-corrected chi connectivity index (χ1v) is 40.3. The minimum atomic E-state index is -2.31. The number of nitrogens with zero attached hydrogens (tertiary/aromatic N) is 1. The summed E-state index contributed by atoms with van der Waals surface area (Å²) in [5.41, 5.74) is 2.45. The number of aliphatic hydroxyl groups excluding tert-OH is 6. The van der Waals surface area contributed by atoms with Gasteiger partial charge in [-0.3, -0.25) is 38.4 Å². The third-order valence-electron chi connectivity index (χ3n) is 19.3. The second-order valence-electron chi connectivity index (χ2n) is 27.1. The molecular weight excluding hydrogens is 1660 g/mol. The number of carbonyl (C=O) groups excluding carboxylic acids is 8. The standard InChI is InChI=1S/C70H83Cl2N9O23.I2/c1-26(2)16-38(74-7)63(93)79-53-56(88)31-11-14-42(36(71)18-31)100-44-20-33-21-45(60(44)104-69-61(59(91)58(90)46(25-82)102-69)103-48-24-70(6,81(8)9)62(92)29(5)99-48)101-43-15-12-32(19-37(43)72)57(89)54-68(98)76-50(28(4)83)35-22-41(85)27(3)55(87)49(35)34-17-30(10-13-40(34)84)51(65(95)80-54)78-66(96)52(33)77-64(94)39(23-47(73)86)75-67(53)97;1-2/h10-15,17-22,26,29,38-39,46,48,50-54,56-59,61-62,69,74,82,84-85,87-92H,16,23-25H2,1-9H3,(H2,73,86)(H,75,97)(H,76,98)(H,77,94)(H,78,96)(H,79,93)(H,80,95);/t29-,38+,39-,46+,48?,50+,51+,52+,53?,54-,56+,57+,58+,59-,61+,62+,69-,70-;/m0./s1. The lowest BCUT2D eigenvalue weighted by Gasteiger charge is -2.50. The number of carbonyl (C=O) groups is 8. The number of aromatic hydroxyl groups is 3. The summed E-state index contributed by atoms with van der Waals surface area (Å²) in [6, 6.07) is -0.00248. The minimum Gasteiger partial charge on any atom is -0.508 e. The monoisotopic (exact) mass is 1740 g/mol. The van der Waals surface area contributed by atoms with Gasteiger partial charge in [-0.1, -0.05) is 55.2 Å². The third kappa shape index (κ3) is 17.4. The molecule has 5 aromatic carbocycles. The number of hydrogen-bond donors (Lipinski definition) is 17. The zero-order chi connectivity index (χ0) is 78.0. The number of ketones is 1. The van der Waals surface area contributed by atoms with Crippen LogP contribution in [-0.4, -0.2) is 205 Å². The van der Waals surface area contributed by atoms with Crippen LogP contribution in [0.15, 0.2) is 72.8 Å². The number of fused-ring (bicyclic) bond motifs is 15. The van der Waals surface area contributed by atoms with Gasteiger partial charge in [0.05, 0.1) is 46.9 Å². The third-order valence-corrected chi connectivity index (χ3v) is 19.9. The summed E-state index contributed by atoms with van der Waals surface area (Å²) in [6.45, 7) is 8.37. The van der Waals surface area contributed by atoms with Gasteiger partial charge in [0.2, 0.25) is 53.4 Å². The number of likely N-dealkylation sites (N-methyl/N-ethyl adjacent to an activating group) is 2. The van der Waals surface area contributed by atoms with Crippen molar-refractivity contribution in [2.75, 3.05) is 27.7 Å². The number of aliphatic hydroxyl groups is 6. The minimum absolute atomic E-state index is 0.0744. The van der Waals surface area contributed by atoms with Crippen LogP contribution in [0.5, 0.6) is 46.0 Å². The van der Waals surface area contributed by atoms with Crippen molar-refractivity contribution in [2.45, 2.75) is 170 Å². The van der Waals surface area contributed by atoms with Gasteiger partial charge >= 0.3 is 0 Å². The number of phenolic OH excluding ortho intramolecular Hbond substituents is 3. The SMILES string of the molecule is CN[C@H](CC(C)C)C(=O)NC1C(=O)N[C@@H](CC(N)=O)C(=O)N[C@H]2C(=O)N[C@H]3C(=O)N[C@H](C(=O)N[C@H](C(C)=O)c4cc(O)c(C)c(O)c4-c4cc3ccc4O)[C@H](O)c3ccc(c(Cl)c3)Oc3cc2cc(c3O[C@@H]2O[C@H](CO)[C@@H](O)[C@H](O)[C@H]2OC2C[C@](C)(N(C)C)[C@H](O)[C@H](C)O2)Oc2ccc(cc2Cl)[C@H]1O.II. The molecule has 2 unspecified atom stereocenters. The number of amides is 7. The Kier molecular flexibility index (Phi) is 26.7. The highest BCUT2D eigenvalue weighted by molar-refractivity contribution is 15.0. The number of phenols is 3. The van der Waals surface area contributed by atoms with Gasteiger partial charge < -0.3 is 122 Å². The summed E-state index contributed by atoms with van der Waals surface area (Å²) in [4.78, 5) is 120. The van der Waals surface area contributed by atoms with Crippen molar-refractivity contribution in [1.29, 1.82) is 0 Å². The number of benzene rings is 5. The fourth-order valence-electron chi connectivity index (χ4n) is 13.1. The van der Waals surface area contributed by atoms with E-state index in [0.717, 1.165) is 55.5 Å². The average Bonchev–Trinajstić information content (AvgIpc) is 0.765. The maximum atomic E-state index is 16.1. The Balaban J connectivity index is 0.00000644. The van der Waals surface area contributed by atoms with Crippen LogP contribution in [0, 0.1) is 12.8 Å². The molecule has 18 N–H and O–H groups in total. The lowest BCUT2D eigenvalue weighted by atomic mass is 9.84. The second kappa shape index (κ2) is 34.4. The molecule has 0 radical (unpaired) electrons. The molecule has 2 saturated heterocycles. The van der Waals surface area contributed by atoms with Crippen molar-refractivity contribution in [3.05, 3.63) is 116 Å². The maximum absolute atomic E-state index is 16.1. The Bertz CT molecular complexity index is 4200. The Morgan fingerprint density at radius 2 is 1.32 bits per heavy atom. The predicted molar refractivity (Wildman–Crippen MR) is 395 cm³/mol. The van der Waals surface area contributed by atoms with E-state index in [-0.39, 0.29) is 74.2 Å². The van der Waals surface area contributed by atoms with Crippen LogP contribution in [0.25, 0.3) is 11.1 Å². The highest BCUT2D eigenvalue weighted by Crippen LogP contribution is 2.50. The molecule has 2 fully saturated rings. The van der Waals surface area contributed by atoms with Crippen molar-refractivity contribution >= 4 is 108 Å². The summed E-state index contributed by atoms with van der Waals surface area (Å²) in [6.07, 6.45) is -17.8. The number of Topliss-reactive ketones (excluding diaryl/α,β-unsaturated/α-hetero) is 1. The highest BCUT2D eigenvalue weighted by atomic mass is 128. The molecule has 12 rings (SSSR count). The molecule has 7 amide bonds. The van der Waals surface area contributed by atoms with Crippen LogP contribution in [0.4, 0.5) is 0 Å². The molecule has 574 valence electrons. The van der Waals surface area contributed by atoms with E-state index in [1.54, 1.807) is 32.8 Å². The quantitative estimate of drug-likeness (QED) is 0.0709. The topological polar surface area (TPSA) is 487 Å². The average molecular weight is 1740 g/mol. The van der Waals surface area contributed by atoms with Gasteiger partial charge in [0, 0.05) is 60.3 Å². The largest absolute Gasteiger partial charge is 0.508 e. The van der Waals surface area contributed by atoms with E-state index >= 15 is 19.2 Å². The van der Waals surface area contributed by atoms with E-state index < -0.39 is 214 Å². The number of halogens is 4. The predicted octanol–water partition coefficient (Wildman–Crippen LogP) is 3.29. The zero-order valence-electron chi connectivity index (χ0n) is 58.4. The van der Waals surface area contributed by atoms with E-state index in [2.05, 4.69) is 74.4 Å². The van der Waals surface area contributed by atoms with E-state index in [1.165, 1.54) is 38.2 Å². The molecule has 5 aromatic rings. The van der Waals surface area contributed by atoms with Crippen LogP contribution in [0.3, 0.4) is 0 Å². The Labute approximate surface area is 640 Å². The molecule has 11 bridgehead atoms. The van der Waals surface area contributed by atoms with Gasteiger partial charge in [0.25, 0.3) is 0 Å². The first-order chi connectivity index (χ1) is 50.0. The normalized spacial score (nSPS) is 28.5. The number of nitrogens with two attached hydrogens (primary N) is 1. The van der Waals surface area contributed by atoms with Crippen LogP contribution in [-0.2, 0) is 52.6 Å². The summed E-state index contributed by atoms with van der Waals surface area (Å²) >= 11 is 18.5. The molecule has 7 aliphatic heterocycles. The van der Waals surface area contributed by atoms with Crippen LogP contribution in [0.1, 0.15) is 118 Å². The number of nitrogens with one attached hydrogen (secondary N) is 7. The smallest absolute Gasteiger partial charge is 0.248 e. The van der Waals surface area contributed by atoms with E-state index in [9.17, 15) is 65.1 Å². The number of ether oxygens (including phenoxy) is 6. The maximum Gasteiger partial charge on any atom is 0.248 e.